The summed E-state index contributed by atoms with van der Waals surface area (Å²) in [5.74, 6) is 0.353. The number of ketones is 1. The van der Waals surface area contributed by atoms with Crippen LogP contribution in [0.3, 0.4) is 0 Å². The summed E-state index contributed by atoms with van der Waals surface area (Å²) in [6.45, 7) is 12.6. The average molecular weight is 614 g/mol. The number of allylic oxidation sites excluding steroid dienone is 2. The van der Waals surface area contributed by atoms with Gasteiger partial charge in [0.25, 0.3) is 0 Å². The minimum atomic E-state index is -0.689. The van der Waals surface area contributed by atoms with E-state index in [4.69, 9.17) is 14.7 Å². The number of ether oxygens (including phenoxy) is 2. The van der Waals surface area contributed by atoms with E-state index in [0.29, 0.717) is 31.2 Å². The summed E-state index contributed by atoms with van der Waals surface area (Å²) in [6, 6.07) is 3.86. The number of H-pyrrole nitrogens is 1. The zero-order valence-electron chi connectivity index (χ0n) is 28.1. The fourth-order valence-electron chi connectivity index (χ4n) is 4.59. The quantitative estimate of drug-likeness (QED) is 0.0862. The van der Waals surface area contributed by atoms with E-state index in [-0.39, 0.29) is 18.7 Å². The molecule has 246 valence electrons. The molecule has 0 saturated carbocycles. The molecule has 1 aliphatic carbocycles. The summed E-state index contributed by atoms with van der Waals surface area (Å²) < 4.78 is 10.8. The van der Waals surface area contributed by atoms with Crippen LogP contribution >= 0.6 is 0 Å². The number of benzene rings is 1. The molecule has 4 N–H and O–H groups in total. The third-order valence-corrected chi connectivity index (χ3v) is 7.11. The van der Waals surface area contributed by atoms with Gasteiger partial charge in [-0.2, -0.15) is 0 Å². The molecule has 1 unspecified atom stereocenters. The van der Waals surface area contributed by atoms with Crippen LogP contribution in [0.1, 0.15) is 106 Å². The van der Waals surface area contributed by atoms with Crippen molar-refractivity contribution in [1.29, 1.82) is 0 Å². The van der Waals surface area contributed by atoms with Gasteiger partial charge in [0.2, 0.25) is 11.8 Å². The molecule has 9 nitrogen and oxygen atoms in total. The van der Waals surface area contributed by atoms with Crippen LogP contribution < -0.4 is 20.3 Å². The Morgan fingerprint density at radius 1 is 1.02 bits per heavy atom. The lowest BCUT2D eigenvalue weighted by Crippen LogP contribution is -2.37. The summed E-state index contributed by atoms with van der Waals surface area (Å²) in [5.41, 5.74) is 6.09. The normalized spacial score (nSPS) is 12.4. The summed E-state index contributed by atoms with van der Waals surface area (Å²) >= 11 is 0. The van der Waals surface area contributed by atoms with Gasteiger partial charge < -0.3 is 19.8 Å². The number of carbonyl (C=O) groups excluding carboxylic acids is 3. The van der Waals surface area contributed by atoms with Gasteiger partial charge in [0.15, 0.2) is 5.78 Å². The summed E-state index contributed by atoms with van der Waals surface area (Å²) in [6.07, 6.45) is 12.4. The third-order valence-electron chi connectivity index (χ3n) is 7.11. The van der Waals surface area contributed by atoms with Crippen molar-refractivity contribution in [2.45, 2.75) is 99.3 Å². The predicted octanol–water partition coefficient (Wildman–Crippen LogP) is 6.69. The zero-order valence-corrected chi connectivity index (χ0v) is 28.1. The number of fused-ring (bicyclic) bond motifs is 1. The number of carbonyl (C=O) groups is 3. The Morgan fingerprint density at radius 3 is 2.18 bits per heavy atom. The summed E-state index contributed by atoms with van der Waals surface area (Å²) in [5, 5.41) is 11.7. The highest BCUT2D eigenvalue weighted by molar-refractivity contribution is 6.01. The highest BCUT2D eigenvalue weighted by atomic mass is 16.5. The number of aryl methyl sites for hydroxylation is 2. The van der Waals surface area contributed by atoms with Gasteiger partial charge in [-0.1, -0.05) is 59.6 Å². The molecule has 1 aromatic carbocycles. The van der Waals surface area contributed by atoms with E-state index in [0.717, 1.165) is 52.6 Å². The molecule has 0 spiro atoms. The molecule has 3 rings (SSSR count). The molecule has 9 heteroatoms. The lowest BCUT2D eigenvalue weighted by Gasteiger charge is -2.17. The summed E-state index contributed by atoms with van der Waals surface area (Å²) in [4.78, 5) is 40.8. The van der Waals surface area contributed by atoms with Gasteiger partial charge in [-0.25, -0.2) is 5.48 Å². The van der Waals surface area contributed by atoms with Gasteiger partial charge in [-0.15, -0.1) is 0 Å². The smallest absolute Gasteiger partial charge is 0.244 e. The molecule has 0 fully saturated rings. The van der Waals surface area contributed by atoms with Crippen molar-refractivity contribution in [3.8, 4) is 11.5 Å². The van der Waals surface area contributed by atoms with Crippen LogP contribution in [-0.4, -0.2) is 48.6 Å². The van der Waals surface area contributed by atoms with Gasteiger partial charge in [-0.05, 0) is 74.6 Å². The Kier molecular flexibility index (Phi) is 18.5. The number of Topliss-reactive ketones (excluding diaryl/α,β-unsaturated/α-hetero) is 1. The van der Waals surface area contributed by atoms with Gasteiger partial charge in [-0.3, -0.25) is 19.6 Å². The standard InChI is InChI=1S/C27H35N3O6.2C4H10/c1-17-24(35-2)12-18(13-25(17)36-3)8-7-9-19(14-26(32)30-34)27(33)29-16-23(31)21-15-28-22-11-6-4-5-10-20(21)22;1-4(2)3;1-3-4-2/h4-5,12-13,15,19,28,34H,6-11,14,16H2,1-3H3,(H,29,33)(H,30,32);4H,1-3H3;3-4H2,1-2H3. The monoisotopic (exact) mass is 613 g/mol. The minimum Gasteiger partial charge on any atom is -0.496 e. The third kappa shape index (κ3) is 13.4. The minimum absolute atomic E-state index is 0.156. The molecule has 2 amide bonds. The number of methoxy groups -OCH3 is 2. The maximum Gasteiger partial charge on any atom is 0.244 e. The number of rotatable bonds is 13. The molecule has 0 radical (unpaired) electrons. The lowest BCUT2D eigenvalue weighted by molar-refractivity contribution is -0.134. The Morgan fingerprint density at radius 2 is 1.64 bits per heavy atom. The predicted molar refractivity (Wildman–Crippen MR) is 176 cm³/mol. The van der Waals surface area contributed by atoms with Gasteiger partial charge in [0.1, 0.15) is 11.5 Å². The molecule has 1 heterocycles. The van der Waals surface area contributed by atoms with E-state index in [2.05, 4.69) is 57.1 Å². The fraction of sp³-hybridized carbons (Fsp3) is 0.571. The molecular weight excluding hydrogens is 558 g/mol. The van der Waals surface area contributed by atoms with Crippen molar-refractivity contribution >= 4 is 17.6 Å². The van der Waals surface area contributed by atoms with E-state index >= 15 is 0 Å². The number of unbranched alkanes of at least 4 members (excludes halogenated alkanes) is 1. The topological polar surface area (TPSA) is 130 Å². The van der Waals surface area contributed by atoms with Crippen LogP contribution in [0.5, 0.6) is 11.5 Å². The average Bonchev–Trinajstić information content (AvgIpc) is 3.27. The van der Waals surface area contributed by atoms with E-state index in [1.807, 2.05) is 19.1 Å². The number of hydrogen-bond donors (Lipinski definition) is 4. The maximum absolute atomic E-state index is 12.9. The molecule has 1 aromatic heterocycles. The van der Waals surface area contributed by atoms with Crippen LogP contribution in [0.15, 0.2) is 30.5 Å². The Hall–Kier alpha value is -3.59. The van der Waals surface area contributed by atoms with Crippen molar-refractivity contribution in [1.82, 2.24) is 15.8 Å². The second-order valence-corrected chi connectivity index (χ2v) is 11.7. The van der Waals surface area contributed by atoms with Gasteiger partial charge in [0.05, 0.1) is 20.8 Å². The molecule has 1 aliphatic rings. The number of aromatic nitrogens is 1. The second kappa shape index (κ2) is 21.2. The second-order valence-electron chi connectivity index (χ2n) is 11.7. The van der Waals surface area contributed by atoms with Crippen LogP contribution in [-0.2, 0) is 28.9 Å². The molecule has 44 heavy (non-hydrogen) atoms. The Bertz CT molecular complexity index is 1170. The molecule has 0 saturated heterocycles. The van der Waals surface area contributed by atoms with Crippen LogP contribution in [0.4, 0.5) is 0 Å². The molecule has 1 atom stereocenters. The van der Waals surface area contributed by atoms with E-state index in [9.17, 15) is 14.4 Å². The first-order valence-electron chi connectivity index (χ1n) is 15.8. The van der Waals surface area contributed by atoms with Crippen LogP contribution in [0.2, 0.25) is 0 Å². The van der Waals surface area contributed by atoms with E-state index in [1.165, 1.54) is 12.8 Å². The SMILES string of the molecule is CC(C)C.CCCC.COc1cc(CCCC(CC(=O)NO)C(=O)NCC(=O)c2c[nH]c3c2CC=CCC3)cc(OC)c1C. The molecule has 2 aromatic rings. The number of hydroxylamine groups is 1. The molecule has 0 aliphatic heterocycles. The van der Waals surface area contributed by atoms with E-state index < -0.39 is 17.7 Å². The van der Waals surface area contributed by atoms with Crippen LogP contribution in [0.25, 0.3) is 0 Å². The number of nitrogens with one attached hydrogen (secondary N) is 3. The Balaban J connectivity index is 0.00000108. The lowest BCUT2D eigenvalue weighted by atomic mass is 9.94. The highest BCUT2D eigenvalue weighted by Gasteiger charge is 2.24. The number of aromatic amines is 1. The number of hydrogen-bond acceptors (Lipinski definition) is 6. The molecular formula is C35H55N3O6. The summed E-state index contributed by atoms with van der Waals surface area (Å²) in [7, 11) is 3.20. The van der Waals surface area contributed by atoms with Crippen LogP contribution in [0, 0.1) is 18.8 Å². The molecule has 0 bridgehead atoms. The van der Waals surface area contributed by atoms with E-state index in [1.54, 1.807) is 25.9 Å². The maximum atomic E-state index is 12.9. The van der Waals surface area contributed by atoms with Gasteiger partial charge >= 0.3 is 0 Å². The van der Waals surface area contributed by atoms with Crippen molar-refractivity contribution in [2.75, 3.05) is 20.8 Å². The van der Waals surface area contributed by atoms with Crippen molar-refractivity contribution in [3.63, 3.8) is 0 Å². The van der Waals surface area contributed by atoms with Crippen molar-refractivity contribution in [3.05, 3.63) is 58.4 Å². The van der Waals surface area contributed by atoms with Crippen molar-refractivity contribution < 1.29 is 29.1 Å². The van der Waals surface area contributed by atoms with Crippen molar-refractivity contribution in [2.24, 2.45) is 11.8 Å². The first kappa shape index (κ1) is 38.4. The zero-order chi connectivity index (χ0) is 33.1. The Labute approximate surface area is 264 Å². The highest BCUT2D eigenvalue weighted by Crippen LogP contribution is 2.30. The van der Waals surface area contributed by atoms with Gasteiger partial charge in [0, 0.05) is 35.4 Å². The number of amides is 2. The largest absolute Gasteiger partial charge is 0.496 e. The fourth-order valence-corrected chi connectivity index (χ4v) is 4.59. The first-order chi connectivity index (χ1) is 21.0. The first-order valence-corrected chi connectivity index (χ1v) is 15.8.